The molecule has 1 heterocycles. The third kappa shape index (κ3) is 5.33. The number of halogens is 1. The van der Waals surface area contributed by atoms with Crippen LogP contribution in [0.3, 0.4) is 0 Å². The summed E-state index contributed by atoms with van der Waals surface area (Å²) >= 11 is 6.04. The Kier molecular flexibility index (Phi) is 6.01. The van der Waals surface area contributed by atoms with E-state index >= 15 is 0 Å². The average molecular weight is 286 g/mol. The van der Waals surface area contributed by atoms with Gasteiger partial charge in [0.05, 0.1) is 0 Å². The number of nitrogens with zero attached hydrogens (tertiary/aromatic N) is 2. The van der Waals surface area contributed by atoms with Crippen molar-refractivity contribution in [1.29, 1.82) is 0 Å². The number of aliphatic hydroxyl groups excluding tert-OH is 1. The molecule has 0 saturated heterocycles. The monoisotopic (exact) mass is 285 g/mol. The molecule has 0 aliphatic carbocycles. The van der Waals surface area contributed by atoms with E-state index in [0.29, 0.717) is 11.1 Å². The third-order valence-corrected chi connectivity index (χ3v) is 3.25. The number of aromatic nitrogens is 2. The molecule has 1 aromatic rings. The van der Waals surface area contributed by atoms with Crippen LogP contribution < -0.4 is 5.32 Å². The van der Waals surface area contributed by atoms with Crippen LogP contribution in [-0.2, 0) is 5.41 Å². The van der Waals surface area contributed by atoms with Gasteiger partial charge in [0.15, 0.2) is 0 Å². The molecule has 108 valence electrons. The number of anilines is 1. The lowest BCUT2D eigenvalue weighted by Gasteiger charge is -2.19. The maximum Gasteiger partial charge on any atom is 0.137 e. The zero-order valence-electron chi connectivity index (χ0n) is 12.2. The largest absolute Gasteiger partial charge is 0.396 e. The second-order valence-electron chi connectivity index (χ2n) is 5.82. The van der Waals surface area contributed by atoms with Crippen LogP contribution in [0.4, 0.5) is 5.82 Å². The summed E-state index contributed by atoms with van der Waals surface area (Å²) in [6.45, 7) is 9.30. The van der Waals surface area contributed by atoms with Crippen LogP contribution in [0, 0.1) is 5.92 Å². The van der Waals surface area contributed by atoms with E-state index in [1.54, 1.807) is 6.07 Å². The minimum atomic E-state index is -0.128. The van der Waals surface area contributed by atoms with Crippen molar-refractivity contribution in [3.8, 4) is 0 Å². The molecule has 4 nitrogen and oxygen atoms in total. The molecular formula is C14H24ClN3O. The predicted molar refractivity (Wildman–Crippen MR) is 79.7 cm³/mol. The summed E-state index contributed by atoms with van der Waals surface area (Å²) in [4.78, 5) is 8.77. The minimum Gasteiger partial charge on any atom is -0.396 e. The van der Waals surface area contributed by atoms with E-state index in [4.69, 9.17) is 16.7 Å². The lowest BCUT2D eigenvalue weighted by molar-refractivity contribution is 0.258. The Bertz CT molecular complexity index is 404. The van der Waals surface area contributed by atoms with Crippen molar-refractivity contribution in [2.75, 3.05) is 18.5 Å². The van der Waals surface area contributed by atoms with Crippen LogP contribution in [-0.4, -0.2) is 28.2 Å². The molecule has 0 amide bonds. The van der Waals surface area contributed by atoms with Crippen LogP contribution in [0.2, 0.25) is 5.15 Å². The van der Waals surface area contributed by atoms with Gasteiger partial charge in [-0.3, -0.25) is 0 Å². The molecule has 0 aliphatic rings. The molecule has 2 N–H and O–H groups in total. The molecular weight excluding hydrogens is 262 g/mol. The van der Waals surface area contributed by atoms with Crippen LogP contribution in [0.25, 0.3) is 0 Å². The molecule has 19 heavy (non-hydrogen) atoms. The van der Waals surface area contributed by atoms with Gasteiger partial charge in [0, 0.05) is 24.6 Å². The lowest BCUT2D eigenvalue weighted by Crippen LogP contribution is -2.19. The Labute approximate surface area is 120 Å². The Hall–Kier alpha value is -0.870. The summed E-state index contributed by atoms with van der Waals surface area (Å²) in [6, 6.07) is 1.74. The minimum absolute atomic E-state index is 0.128. The Morgan fingerprint density at radius 3 is 2.58 bits per heavy atom. The van der Waals surface area contributed by atoms with E-state index in [2.05, 4.69) is 43.0 Å². The number of rotatable bonds is 6. The molecule has 0 radical (unpaired) electrons. The van der Waals surface area contributed by atoms with Gasteiger partial charge >= 0.3 is 0 Å². The van der Waals surface area contributed by atoms with E-state index in [9.17, 15) is 0 Å². The van der Waals surface area contributed by atoms with Gasteiger partial charge in [-0.25, -0.2) is 9.97 Å². The van der Waals surface area contributed by atoms with E-state index < -0.39 is 0 Å². The fourth-order valence-corrected chi connectivity index (χ4v) is 1.91. The van der Waals surface area contributed by atoms with Crippen LogP contribution in [0.5, 0.6) is 0 Å². The first kappa shape index (κ1) is 16.2. The van der Waals surface area contributed by atoms with Gasteiger partial charge in [-0.15, -0.1) is 0 Å². The van der Waals surface area contributed by atoms with Crippen molar-refractivity contribution < 1.29 is 5.11 Å². The highest BCUT2D eigenvalue weighted by Gasteiger charge is 2.19. The van der Waals surface area contributed by atoms with Gasteiger partial charge in [-0.05, 0) is 12.3 Å². The lowest BCUT2D eigenvalue weighted by atomic mass is 9.96. The molecule has 0 spiro atoms. The Balaban J connectivity index is 2.76. The van der Waals surface area contributed by atoms with E-state index in [0.717, 1.165) is 31.0 Å². The molecule has 1 unspecified atom stereocenters. The molecule has 0 saturated carbocycles. The van der Waals surface area contributed by atoms with Crippen molar-refractivity contribution in [2.45, 2.75) is 46.0 Å². The quantitative estimate of drug-likeness (QED) is 0.788. The van der Waals surface area contributed by atoms with Gasteiger partial charge in [0.2, 0.25) is 0 Å². The second kappa shape index (κ2) is 7.06. The van der Waals surface area contributed by atoms with Crippen LogP contribution >= 0.6 is 11.6 Å². The normalized spacial score (nSPS) is 13.4. The topological polar surface area (TPSA) is 58.0 Å². The summed E-state index contributed by atoms with van der Waals surface area (Å²) in [6.07, 6.45) is 1.83. The Morgan fingerprint density at radius 2 is 2.05 bits per heavy atom. The predicted octanol–water partition coefficient (Wildman–Crippen LogP) is 3.25. The summed E-state index contributed by atoms with van der Waals surface area (Å²) in [5, 5.41) is 12.7. The van der Waals surface area contributed by atoms with Gasteiger partial charge < -0.3 is 10.4 Å². The van der Waals surface area contributed by atoms with E-state index in [-0.39, 0.29) is 12.0 Å². The first-order valence-corrected chi connectivity index (χ1v) is 7.14. The first-order chi connectivity index (χ1) is 8.86. The number of aliphatic hydroxyl groups is 1. The molecule has 0 aromatic carbocycles. The number of hydrogen-bond acceptors (Lipinski definition) is 4. The summed E-state index contributed by atoms with van der Waals surface area (Å²) < 4.78 is 0. The molecule has 1 atom stereocenters. The fourth-order valence-electron chi connectivity index (χ4n) is 1.73. The van der Waals surface area contributed by atoms with E-state index in [1.807, 2.05) is 0 Å². The summed E-state index contributed by atoms with van der Waals surface area (Å²) in [5.74, 6) is 1.93. The standard InChI is InChI=1S/C14H24ClN3O/c1-5-10(6-7-19)9-16-12-8-11(15)17-13(18-12)14(2,3)4/h8,10,19H,5-7,9H2,1-4H3,(H,16,17,18). The average Bonchev–Trinajstić information content (AvgIpc) is 2.32. The van der Waals surface area contributed by atoms with Gasteiger partial charge in [0.25, 0.3) is 0 Å². The highest BCUT2D eigenvalue weighted by atomic mass is 35.5. The highest BCUT2D eigenvalue weighted by Crippen LogP contribution is 2.22. The van der Waals surface area contributed by atoms with Gasteiger partial charge in [-0.1, -0.05) is 45.7 Å². The van der Waals surface area contributed by atoms with Crippen molar-refractivity contribution in [2.24, 2.45) is 5.92 Å². The maximum atomic E-state index is 8.99. The summed E-state index contributed by atoms with van der Waals surface area (Å²) in [5.41, 5.74) is -0.128. The molecule has 5 heteroatoms. The SMILES string of the molecule is CCC(CCO)CNc1cc(Cl)nc(C(C)(C)C)n1. The fraction of sp³-hybridized carbons (Fsp3) is 0.714. The van der Waals surface area contributed by atoms with Gasteiger partial charge in [0.1, 0.15) is 16.8 Å². The van der Waals surface area contributed by atoms with Crippen molar-refractivity contribution in [1.82, 2.24) is 9.97 Å². The highest BCUT2D eigenvalue weighted by molar-refractivity contribution is 6.29. The van der Waals surface area contributed by atoms with Crippen molar-refractivity contribution >= 4 is 17.4 Å². The Morgan fingerprint density at radius 1 is 1.37 bits per heavy atom. The van der Waals surface area contributed by atoms with E-state index in [1.165, 1.54) is 0 Å². The van der Waals surface area contributed by atoms with Crippen molar-refractivity contribution in [3.63, 3.8) is 0 Å². The summed E-state index contributed by atoms with van der Waals surface area (Å²) in [7, 11) is 0. The first-order valence-electron chi connectivity index (χ1n) is 6.76. The number of nitrogens with one attached hydrogen (secondary N) is 1. The van der Waals surface area contributed by atoms with Gasteiger partial charge in [-0.2, -0.15) is 0 Å². The van der Waals surface area contributed by atoms with Crippen LogP contribution in [0.15, 0.2) is 6.07 Å². The van der Waals surface area contributed by atoms with Crippen molar-refractivity contribution in [3.05, 3.63) is 17.0 Å². The maximum absolute atomic E-state index is 8.99. The molecule has 0 bridgehead atoms. The third-order valence-electron chi connectivity index (χ3n) is 3.05. The van der Waals surface area contributed by atoms with Crippen LogP contribution in [0.1, 0.15) is 46.4 Å². The smallest absolute Gasteiger partial charge is 0.137 e. The number of hydrogen-bond donors (Lipinski definition) is 2. The molecule has 1 rings (SSSR count). The zero-order chi connectivity index (χ0) is 14.5. The molecule has 0 fully saturated rings. The zero-order valence-corrected chi connectivity index (χ0v) is 13.0. The molecule has 0 aliphatic heterocycles. The molecule has 1 aromatic heterocycles. The second-order valence-corrected chi connectivity index (χ2v) is 6.20.